The average molecular weight is 354 g/mol. The van der Waals surface area contributed by atoms with E-state index in [9.17, 15) is 4.79 Å². The van der Waals surface area contributed by atoms with Crippen LogP contribution in [0.3, 0.4) is 0 Å². The predicted octanol–water partition coefficient (Wildman–Crippen LogP) is 2.07. The van der Waals surface area contributed by atoms with E-state index in [-0.39, 0.29) is 5.91 Å². The van der Waals surface area contributed by atoms with Crippen LogP contribution in [-0.4, -0.2) is 74.0 Å². The summed E-state index contributed by atoms with van der Waals surface area (Å²) in [5.74, 6) is 1.03. The summed E-state index contributed by atoms with van der Waals surface area (Å²) in [5, 5.41) is 6.54. The SMILES string of the molecule is CCNC(=NCCCN1CCCCCC1)NCCC(=O)N(CC)CC. The molecule has 1 saturated heterocycles. The Morgan fingerprint density at radius 1 is 1.04 bits per heavy atom. The molecule has 146 valence electrons. The topological polar surface area (TPSA) is 60.0 Å². The van der Waals surface area contributed by atoms with E-state index < -0.39 is 0 Å². The summed E-state index contributed by atoms with van der Waals surface area (Å²) in [7, 11) is 0. The molecular weight excluding hydrogens is 314 g/mol. The lowest BCUT2D eigenvalue weighted by atomic mass is 10.2. The van der Waals surface area contributed by atoms with E-state index >= 15 is 0 Å². The monoisotopic (exact) mass is 353 g/mol. The number of nitrogens with one attached hydrogen (secondary N) is 2. The Morgan fingerprint density at radius 3 is 2.32 bits per heavy atom. The van der Waals surface area contributed by atoms with Gasteiger partial charge < -0.3 is 20.4 Å². The van der Waals surface area contributed by atoms with Crippen LogP contribution in [0.1, 0.15) is 59.3 Å². The highest BCUT2D eigenvalue weighted by Gasteiger charge is 2.10. The van der Waals surface area contributed by atoms with E-state index in [1.165, 1.54) is 38.8 Å². The van der Waals surface area contributed by atoms with Crippen LogP contribution >= 0.6 is 0 Å². The van der Waals surface area contributed by atoms with Crippen LogP contribution in [-0.2, 0) is 4.79 Å². The van der Waals surface area contributed by atoms with Crippen molar-refractivity contribution in [2.45, 2.75) is 59.3 Å². The largest absolute Gasteiger partial charge is 0.357 e. The van der Waals surface area contributed by atoms with Crippen LogP contribution in [0.25, 0.3) is 0 Å². The van der Waals surface area contributed by atoms with Crippen LogP contribution < -0.4 is 10.6 Å². The lowest BCUT2D eigenvalue weighted by molar-refractivity contribution is -0.130. The zero-order chi connectivity index (χ0) is 18.3. The fourth-order valence-corrected chi connectivity index (χ4v) is 3.21. The Kier molecular flexibility index (Phi) is 12.1. The van der Waals surface area contributed by atoms with Gasteiger partial charge in [-0.1, -0.05) is 12.8 Å². The number of hydrogen-bond acceptors (Lipinski definition) is 3. The number of likely N-dealkylation sites (tertiary alicyclic amines) is 1. The minimum Gasteiger partial charge on any atom is -0.357 e. The van der Waals surface area contributed by atoms with Crippen LogP contribution in [0, 0.1) is 0 Å². The average Bonchev–Trinajstić information content (AvgIpc) is 2.88. The highest BCUT2D eigenvalue weighted by molar-refractivity contribution is 5.81. The number of amides is 1. The summed E-state index contributed by atoms with van der Waals surface area (Å²) in [6.45, 7) is 13.6. The molecule has 1 amide bonds. The second-order valence-electron chi connectivity index (χ2n) is 6.61. The molecular formula is C19H39N5O. The van der Waals surface area contributed by atoms with Crippen molar-refractivity contribution in [1.82, 2.24) is 20.4 Å². The second kappa shape index (κ2) is 13.9. The highest BCUT2D eigenvalue weighted by Crippen LogP contribution is 2.09. The van der Waals surface area contributed by atoms with E-state index in [1.807, 2.05) is 18.7 Å². The molecule has 0 aliphatic carbocycles. The first-order valence-corrected chi connectivity index (χ1v) is 10.2. The Bertz CT molecular complexity index is 374. The molecule has 1 rings (SSSR count). The fraction of sp³-hybridized carbons (Fsp3) is 0.895. The maximum Gasteiger partial charge on any atom is 0.224 e. The first-order chi connectivity index (χ1) is 12.2. The molecule has 0 aromatic rings. The number of carbonyl (C=O) groups is 1. The lowest BCUT2D eigenvalue weighted by Crippen LogP contribution is -2.40. The van der Waals surface area contributed by atoms with Gasteiger partial charge in [-0.15, -0.1) is 0 Å². The Balaban J connectivity index is 2.27. The molecule has 6 heteroatoms. The van der Waals surface area contributed by atoms with Gasteiger partial charge in [0, 0.05) is 39.1 Å². The van der Waals surface area contributed by atoms with Gasteiger partial charge in [0.05, 0.1) is 0 Å². The maximum absolute atomic E-state index is 12.0. The van der Waals surface area contributed by atoms with Crippen molar-refractivity contribution in [2.75, 3.05) is 52.4 Å². The van der Waals surface area contributed by atoms with Gasteiger partial charge in [0.1, 0.15) is 0 Å². The maximum atomic E-state index is 12.0. The number of aliphatic imine (C=N–C) groups is 1. The molecule has 0 unspecified atom stereocenters. The minimum atomic E-state index is 0.203. The molecule has 1 aliphatic heterocycles. The molecule has 0 spiro atoms. The summed E-state index contributed by atoms with van der Waals surface area (Å²) in [4.78, 5) is 21.1. The normalized spacial score (nSPS) is 16.4. The molecule has 1 aliphatic rings. The summed E-state index contributed by atoms with van der Waals surface area (Å²) in [6.07, 6.45) is 7.06. The summed E-state index contributed by atoms with van der Waals surface area (Å²) >= 11 is 0. The first kappa shape index (κ1) is 21.7. The van der Waals surface area contributed by atoms with Crippen LogP contribution in [0.15, 0.2) is 4.99 Å². The van der Waals surface area contributed by atoms with Crippen molar-refractivity contribution >= 4 is 11.9 Å². The summed E-state index contributed by atoms with van der Waals surface area (Å²) < 4.78 is 0. The molecule has 0 aromatic carbocycles. The molecule has 2 N–H and O–H groups in total. The lowest BCUT2D eigenvalue weighted by Gasteiger charge is -2.19. The quantitative estimate of drug-likeness (QED) is 0.359. The molecule has 1 fully saturated rings. The fourth-order valence-electron chi connectivity index (χ4n) is 3.21. The van der Waals surface area contributed by atoms with Gasteiger partial charge in [-0.25, -0.2) is 0 Å². The van der Waals surface area contributed by atoms with Gasteiger partial charge in [-0.3, -0.25) is 9.79 Å². The van der Waals surface area contributed by atoms with E-state index in [4.69, 9.17) is 0 Å². The third-order valence-electron chi connectivity index (χ3n) is 4.69. The van der Waals surface area contributed by atoms with Crippen LogP contribution in [0.2, 0.25) is 0 Å². The highest BCUT2D eigenvalue weighted by atomic mass is 16.2. The van der Waals surface area contributed by atoms with Crippen molar-refractivity contribution in [3.63, 3.8) is 0 Å². The second-order valence-corrected chi connectivity index (χ2v) is 6.61. The molecule has 0 atom stereocenters. The summed E-state index contributed by atoms with van der Waals surface area (Å²) in [6, 6.07) is 0. The smallest absolute Gasteiger partial charge is 0.224 e. The standard InChI is InChI=1S/C19H39N5O/c1-4-20-19(22-14-12-18(25)24(5-2)6-3)21-13-11-17-23-15-9-7-8-10-16-23/h4-17H2,1-3H3,(H2,20,21,22). The number of hydrogen-bond donors (Lipinski definition) is 2. The Labute approximate surface area is 154 Å². The molecule has 0 saturated carbocycles. The van der Waals surface area contributed by atoms with Crippen LogP contribution in [0.4, 0.5) is 0 Å². The number of guanidine groups is 1. The Morgan fingerprint density at radius 2 is 1.72 bits per heavy atom. The molecule has 6 nitrogen and oxygen atoms in total. The van der Waals surface area contributed by atoms with Crippen molar-refractivity contribution in [1.29, 1.82) is 0 Å². The number of nitrogens with zero attached hydrogens (tertiary/aromatic N) is 3. The molecule has 0 aromatic heterocycles. The molecule has 0 radical (unpaired) electrons. The van der Waals surface area contributed by atoms with Crippen molar-refractivity contribution < 1.29 is 4.79 Å². The van der Waals surface area contributed by atoms with Gasteiger partial charge in [0.25, 0.3) is 0 Å². The zero-order valence-corrected chi connectivity index (χ0v) is 16.6. The minimum absolute atomic E-state index is 0.203. The van der Waals surface area contributed by atoms with Crippen LogP contribution in [0.5, 0.6) is 0 Å². The van der Waals surface area contributed by atoms with Gasteiger partial charge in [0.2, 0.25) is 5.91 Å². The molecule has 1 heterocycles. The van der Waals surface area contributed by atoms with Crippen molar-refractivity contribution in [3.05, 3.63) is 0 Å². The first-order valence-electron chi connectivity index (χ1n) is 10.2. The van der Waals surface area contributed by atoms with Gasteiger partial charge >= 0.3 is 0 Å². The Hall–Kier alpha value is -1.30. The summed E-state index contributed by atoms with van der Waals surface area (Å²) in [5.41, 5.74) is 0. The molecule has 25 heavy (non-hydrogen) atoms. The number of carbonyl (C=O) groups excluding carboxylic acids is 1. The van der Waals surface area contributed by atoms with E-state index in [1.54, 1.807) is 0 Å². The third kappa shape index (κ3) is 9.68. The van der Waals surface area contributed by atoms with E-state index in [0.29, 0.717) is 13.0 Å². The van der Waals surface area contributed by atoms with Gasteiger partial charge in [-0.2, -0.15) is 0 Å². The van der Waals surface area contributed by atoms with Crippen molar-refractivity contribution in [3.8, 4) is 0 Å². The molecule has 0 bridgehead atoms. The van der Waals surface area contributed by atoms with Gasteiger partial charge in [0.15, 0.2) is 5.96 Å². The third-order valence-corrected chi connectivity index (χ3v) is 4.69. The van der Waals surface area contributed by atoms with E-state index in [0.717, 1.165) is 45.1 Å². The van der Waals surface area contributed by atoms with Gasteiger partial charge in [-0.05, 0) is 59.7 Å². The zero-order valence-electron chi connectivity index (χ0n) is 16.6. The van der Waals surface area contributed by atoms with Crippen molar-refractivity contribution in [2.24, 2.45) is 4.99 Å². The number of rotatable bonds is 10. The predicted molar refractivity (Wildman–Crippen MR) is 106 cm³/mol. The van der Waals surface area contributed by atoms with E-state index in [2.05, 4.69) is 27.4 Å².